The maximum atomic E-state index is 6.05. The van der Waals surface area contributed by atoms with Crippen molar-refractivity contribution in [3.05, 3.63) is 22.4 Å². The molecule has 2 nitrogen and oxygen atoms in total. The highest BCUT2D eigenvalue weighted by Crippen LogP contribution is 2.27. The molecule has 1 aromatic rings. The molecule has 3 heteroatoms. The summed E-state index contributed by atoms with van der Waals surface area (Å²) in [5.41, 5.74) is 7.62. The molecule has 2 heterocycles. The van der Waals surface area contributed by atoms with Crippen molar-refractivity contribution < 1.29 is 0 Å². The number of thiophene rings is 1. The first-order chi connectivity index (χ1) is 8.14. The molecule has 0 spiro atoms. The molecule has 96 valence electrons. The molecular formula is C14H24N2S. The first-order valence-corrected chi connectivity index (χ1v) is 7.54. The Morgan fingerprint density at radius 2 is 2.18 bits per heavy atom. The lowest BCUT2D eigenvalue weighted by Crippen LogP contribution is -2.55. The molecule has 2 N–H and O–H groups in total. The number of nitrogens with two attached hydrogens (primary N) is 1. The van der Waals surface area contributed by atoms with E-state index in [4.69, 9.17) is 5.73 Å². The average molecular weight is 252 g/mol. The molecule has 1 atom stereocenters. The molecule has 0 bridgehead atoms. The molecule has 1 aliphatic heterocycles. The van der Waals surface area contributed by atoms with Gasteiger partial charge in [0, 0.05) is 12.1 Å². The minimum Gasteiger partial charge on any atom is -0.329 e. The maximum absolute atomic E-state index is 6.05. The van der Waals surface area contributed by atoms with Crippen molar-refractivity contribution in [3.63, 3.8) is 0 Å². The van der Waals surface area contributed by atoms with Crippen molar-refractivity contribution >= 4 is 11.3 Å². The lowest BCUT2D eigenvalue weighted by Gasteiger charge is -2.44. The van der Waals surface area contributed by atoms with Crippen molar-refractivity contribution in [2.75, 3.05) is 19.6 Å². The highest BCUT2D eigenvalue weighted by molar-refractivity contribution is 7.07. The fourth-order valence-corrected chi connectivity index (χ4v) is 3.36. The van der Waals surface area contributed by atoms with E-state index in [1.54, 1.807) is 11.3 Å². The zero-order chi connectivity index (χ0) is 12.3. The SMILES string of the molecule is CC1CCN(C(C)(CN)Cc2ccsc2)CC1. The van der Waals surface area contributed by atoms with Crippen LogP contribution in [0, 0.1) is 5.92 Å². The van der Waals surface area contributed by atoms with E-state index in [1.807, 2.05) is 0 Å². The molecule has 1 aliphatic rings. The third-order valence-electron chi connectivity index (χ3n) is 4.15. The van der Waals surface area contributed by atoms with Crippen LogP contribution < -0.4 is 5.73 Å². The summed E-state index contributed by atoms with van der Waals surface area (Å²) >= 11 is 1.78. The Balaban J connectivity index is 2.03. The Morgan fingerprint density at radius 1 is 1.47 bits per heavy atom. The van der Waals surface area contributed by atoms with E-state index < -0.39 is 0 Å². The van der Waals surface area contributed by atoms with Gasteiger partial charge in [0.2, 0.25) is 0 Å². The highest BCUT2D eigenvalue weighted by Gasteiger charge is 2.32. The molecule has 17 heavy (non-hydrogen) atoms. The Kier molecular flexibility index (Phi) is 4.23. The van der Waals surface area contributed by atoms with E-state index in [2.05, 4.69) is 35.6 Å². The van der Waals surface area contributed by atoms with Crippen LogP contribution in [-0.2, 0) is 6.42 Å². The van der Waals surface area contributed by atoms with Crippen molar-refractivity contribution in [1.82, 2.24) is 4.90 Å². The number of likely N-dealkylation sites (tertiary alicyclic amines) is 1. The van der Waals surface area contributed by atoms with Gasteiger partial charge in [-0.1, -0.05) is 6.92 Å². The predicted octanol–water partition coefficient (Wildman–Crippen LogP) is 2.74. The molecular weight excluding hydrogens is 228 g/mol. The standard InChI is InChI=1S/C14H24N2S/c1-12-3-6-16(7-4-12)14(2,11-15)9-13-5-8-17-10-13/h5,8,10,12H,3-4,6-7,9,11,15H2,1-2H3. The lowest BCUT2D eigenvalue weighted by atomic mass is 9.88. The van der Waals surface area contributed by atoms with Crippen molar-refractivity contribution in [1.29, 1.82) is 0 Å². The van der Waals surface area contributed by atoms with Crippen LogP contribution in [0.2, 0.25) is 0 Å². The summed E-state index contributed by atoms with van der Waals surface area (Å²) in [5.74, 6) is 0.884. The normalized spacial score (nSPS) is 22.5. The molecule has 1 aromatic heterocycles. The molecule has 0 amide bonds. The van der Waals surface area contributed by atoms with Crippen LogP contribution in [0.1, 0.15) is 32.3 Å². The van der Waals surface area contributed by atoms with Crippen LogP contribution >= 0.6 is 11.3 Å². The molecule has 2 rings (SSSR count). The fourth-order valence-electron chi connectivity index (χ4n) is 2.69. The Bertz CT molecular complexity index is 328. The predicted molar refractivity (Wildman–Crippen MR) is 75.5 cm³/mol. The number of piperidine rings is 1. The molecule has 0 saturated carbocycles. The van der Waals surface area contributed by atoms with Crippen molar-refractivity contribution in [2.24, 2.45) is 11.7 Å². The number of hydrogen-bond donors (Lipinski definition) is 1. The van der Waals surface area contributed by atoms with Gasteiger partial charge in [-0.2, -0.15) is 11.3 Å². The number of nitrogens with zero attached hydrogens (tertiary/aromatic N) is 1. The second-order valence-electron chi connectivity index (χ2n) is 5.68. The van der Waals surface area contributed by atoms with E-state index >= 15 is 0 Å². The lowest BCUT2D eigenvalue weighted by molar-refractivity contribution is 0.0709. The van der Waals surface area contributed by atoms with E-state index in [0.717, 1.165) is 18.9 Å². The summed E-state index contributed by atoms with van der Waals surface area (Å²) in [5, 5.41) is 4.41. The minimum atomic E-state index is 0.140. The largest absolute Gasteiger partial charge is 0.329 e. The monoisotopic (exact) mass is 252 g/mol. The fraction of sp³-hybridized carbons (Fsp3) is 0.714. The van der Waals surface area contributed by atoms with Gasteiger partial charge < -0.3 is 5.73 Å². The Morgan fingerprint density at radius 3 is 2.71 bits per heavy atom. The van der Waals surface area contributed by atoms with Gasteiger partial charge in [0.1, 0.15) is 0 Å². The number of hydrogen-bond acceptors (Lipinski definition) is 3. The van der Waals surface area contributed by atoms with Gasteiger partial charge >= 0.3 is 0 Å². The van der Waals surface area contributed by atoms with Gasteiger partial charge in [0.05, 0.1) is 0 Å². The van der Waals surface area contributed by atoms with E-state index in [9.17, 15) is 0 Å². The van der Waals surface area contributed by atoms with Crippen LogP contribution in [-0.4, -0.2) is 30.1 Å². The molecule has 0 aromatic carbocycles. The van der Waals surface area contributed by atoms with Gasteiger partial charge in [-0.05, 0) is 67.6 Å². The third kappa shape index (κ3) is 3.09. The van der Waals surface area contributed by atoms with Crippen LogP contribution in [0.15, 0.2) is 16.8 Å². The van der Waals surface area contributed by atoms with Gasteiger partial charge in [-0.3, -0.25) is 4.90 Å². The highest BCUT2D eigenvalue weighted by atomic mass is 32.1. The Hall–Kier alpha value is -0.380. The van der Waals surface area contributed by atoms with Crippen LogP contribution in [0.5, 0.6) is 0 Å². The summed E-state index contributed by atoms with van der Waals surface area (Å²) in [6, 6.07) is 2.23. The van der Waals surface area contributed by atoms with Gasteiger partial charge in [0.15, 0.2) is 0 Å². The van der Waals surface area contributed by atoms with Crippen molar-refractivity contribution in [3.8, 4) is 0 Å². The molecule has 0 radical (unpaired) electrons. The Labute approximate surface area is 109 Å². The van der Waals surface area contributed by atoms with Gasteiger partial charge in [-0.15, -0.1) is 0 Å². The average Bonchev–Trinajstić information content (AvgIpc) is 2.82. The second-order valence-corrected chi connectivity index (χ2v) is 6.46. The van der Waals surface area contributed by atoms with Crippen LogP contribution in [0.25, 0.3) is 0 Å². The molecule has 1 fully saturated rings. The summed E-state index contributed by atoms with van der Waals surface area (Å²) in [7, 11) is 0. The molecule has 0 aliphatic carbocycles. The van der Waals surface area contributed by atoms with Crippen LogP contribution in [0.3, 0.4) is 0 Å². The quantitative estimate of drug-likeness (QED) is 0.893. The van der Waals surface area contributed by atoms with Crippen molar-refractivity contribution in [2.45, 2.75) is 38.6 Å². The van der Waals surface area contributed by atoms with E-state index in [0.29, 0.717) is 0 Å². The van der Waals surface area contributed by atoms with Gasteiger partial charge in [0.25, 0.3) is 0 Å². The second kappa shape index (κ2) is 5.51. The summed E-state index contributed by atoms with van der Waals surface area (Å²) in [6.07, 6.45) is 3.72. The zero-order valence-electron chi connectivity index (χ0n) is 11.0. The first-order valence-electron chi connectivity index (χ1n) is 6.60. The maximum Gasteiger partial charge on any atom is 0.0344 e. The summed E-state index contributed by atoms with van der Waals surface area (Å²) < 4.78 is 0. The van der Waals surface area contributed by atoms with Crippen LogP contribution in [0.4, 0.5) is 0 Å². The first kappa shape index (κ1) is 13.1. The van der Waals surface area contributed by atoms with Gasteiger partial charge in [-0.25, -0.2) is 0 Å². The summed E-state index contributed by atoms with van der Waals surface area (Å²) in [6.45, 7) is 7.84. The molecule has 1 unspecified atom stereocenters. The zero-order valence-corrected chi connectivity index (χ0v) is 11.8. The number of rotatable bonds is 4. The topological polar surface area (TPSA) is 29.3 Å². The minimum absolute atomic E-state index is 0.140. The summed E-state index contributed by atoms with van der Waals surface area (Å²) in [4.78, 5) is 2.60. The van der Waals surface area contributed by atoms with E-state index in [-0.39, 0.29) is 5.54 Å². The van der Waals surface area contributed by atoms with E-state index in [1.165, 1.54) is 31.5 Å². The third-order valence-corrected chi connectivity index (χ3v) is 4.88. The smallest absolute Gasteiger partial charge is 0.0344 e. The molecule has 1 saturated heterocycles.